The van der Waals surface area contributed by atoms with Gasteiger partial charge in [-0.05, 0) is 6.92 Å². The van der Waals surface area contributed by atoms with Crippen molar-refractivity contribution in [1.82, 2.24) is 14.5 Å². The highest BCUT2D eigenvalue weighted by Crippen LogP contribution is 2.04. The number of nitrogens with zero attached hydrogens (tertiary/aromatic N) is 2. The van der Waals surface area contributed by atoms with Gasteiger partial charge in [0, 0.05) is 25.4 Å². The van der Waals surface area contributed by atoms with Gasteiger partial charge in [-0.15, -0.1) is 0 Å². The maximum absolute atomic E-state index is 11.2. The Morgan fingerprint density at radius 1 is 1.60 bits per heavy atom. The van der Waals surface area contributed by atoms with Crippen LogP contribution < -0.4 is 4.72 Å². The van der Waals surface area contributed by atoms with Gasteiger partial charge in [-0.2, -0.15) is 5.10 Å². The Hall–Kier alpha value is -0.920. The lowest BCUT2D eigenvalue weighted by molar-refractivity contribution is 0.319. The predicted octanol–water partition coefficient (Wildman–Crippen LogP) is -0.860. The molecule has 0 spiro atoms. The lowest BCUT2D eigenvalue weighted by atomic mass is 10.3. The molecule has 0 saturated heterocycles. The first-order valence-corrected chi connectivity index (χ1v) is 6.17. The van der Waals surface area contributed by atoms with E-state index in [0.717, 1.165) is 11.3 Å². The average Bonchev–Trinajstić information content (AvgIpc) is 2.42. The molecule has 86 valence electrons. The maximum atomic E-state index is 11.2. The van der Waals surface area contributed by atoms with Gasteiger partial charge in [-0.3, -0.25) is 4.68 Å². The van der Waals surface area contributed by atoms with Crippen LogP contribution in [-0.4, -0.2) is 35.7 Å². The van der Waals surface area contributed by atoms with E-state index in [1.54, 1.807) is 17.9 Å². The van der Waals surface area contributed by atoms with Gasteiger partial charge in [0.05, 0.1) is 18.1 Å². The molecular weight excluding hydrogens is 218 g/mol. The van der Waals surface area contributed by atoms with Gasteiger partial charge in [0.25, 0.3) is 0 Å². The standard InChI is InChI=1S/C8H15N3O3S/c1-7-8(6-11(2)10-7)5-9-15(13,14)4-3-12/h6,9,12H,3-5H2,1-2H3. The quantitative estimate of drug-likeness (QED) is 0.693. The fourth-order valence-corrected chi connectivity index (χ4v) is 1.96. The Bertz CT molecular complexity index is 424. The zero-order valence-electron chi connectivity index (χ0n) is 8.77. The molecule has 0 aliphatic heterocycles. The van der Waals surface area contributed by atoms with E-state index in [2.05, 4.69) is 9.82 Å². The van der Waals surface area contributed by atoms with Gasteiger partial charge >= 0.3 is 0 Å². The summed E-state index contributed by atoms with van der Waals surface area (Å²) in [5.41, 5.74) is 1.63. The first-order chi connectivity index (χ1) is 6.94. The molecule has 0 radical (unpaired) electrons. The Morgan fingerprint density at radius 2 is 2.27 bits per heavy atom. The highest BCUT2D eigenvalue weighted by atomic mass is 32.2. The second-order valence-electron chi connectivity index (χ2n) is 3.28. The molecule has 0 unspecified atom stereocenters. The first-order valence-electron chi connectivity index (χ1n) is 4.52. The van der Waals surface area contributed by atoms with E-state index >= 15 is 0 Å². The predicted molar refractivity (Wildman–Crippen MR) is 55.7 cm³/mol. The van der Waals surface area contributed by atoms with E-state index in [1.807, 2.05) is 6.92 Å². The molecule has 6 nitrogen and oxygen atoms in total. The van der Waals surface area contributed by atoms with Crippen LogP contribution in [0.4, 0.5) is 0 Å². The first kappa shape index (κ1) is 12.2. The molecular formula is C8H15N3O3S. The molecule has 1 rings (SSSR count). The van der Waals surface area contributed by atoms with Crippen LogP contribution in [0.3, 0.4) is 0 Å². The van der Waals surface area contributed by atoms with Crippen molar-refractivity contribution in [2.24, 2.45) is 7.05 Å². The van der Waals surface area contributed by atoms with Crippen molar-refractivity contribution in [3.63, 3.8) is 0 Å². The lowest BCUT2D eigenvalue weighted by Gasteiger charge is -2.03. The molecule has 1 aromatic rings. The summed E-state index contributed by atoms with van der Waals surface area (Å²) in [5, 5.41) is 12.6. The topological polar surface area (TPSA) is 84.2 Å². The smallest absolute Gasteiger partial charge is 0.214 e. The van der Waals surface area contributed by atoms with Crippen molar-refractivity contribution in [2.75, 3.05) is 12.4 Å². The summed E-state index contributed by atoms with van der Waals surface area (Å²) in [6, 6.07) is 0. The average molecular weight is 233 g/mol. The number of hydrogen-bond donors (Lipinski definition) is 2. The van der Waals surface area contributed by atoms with Gasteiger partial charge in [0.1, 0.15) is 0 Å². The van der Waals surface area contributed by atoms with Crippen molar-refractivity contribution < 1.29 is 13.5 Å². The SMILES string of the molecule is Cc1nn(C)cc1CNS(=O)(=O)CCO. The minimum Gasteiger partial charge on any atom is -0.395 e. The summed E-state index contributed by atoms with van der Waals surface area (Å²) < 4.78 is 26.5. The van der Waals surface area contributed by atoms with E-state index in [-0.39, 0.29) is 18.9 Å². The highest BCUT2D eigenvalue weighted by Gasteiger charge is 2.10. The summed E-state index contributed by atoms with van der Waals surface area (Å²) in [4.78, 5) is 0. The van der Waals surface area contributed by atoms with Crippen LogP contribution in [0.15, 0.2) is 6.20 Å². The highest BCUT2D eigenvalue weighted by molar-refractivity contribution is 7.89. The van der Waals surface area contributed by atoms with E-state index in [9.17, 15) is 8.42 Å². The zero-order valence-corrected chi connectivity index (χ0v) is 9.58. The minimum absolute atomic E-state index is 0.210. The normalized spacial score (nSPS) is 11.9. The van der Waals surface area contributed by atoms with Crippen molar-refractivity contribution in [3.05, 3.63) is 17.5 Å². The maximum Gasteiger partial charge on any atom is 0.214 e. The second-order valence-corrected chi connectivity index (χ2v) is 5.20. The Kier molecular flexibility index (Phi) is 3.83. The van der Waals surface area contributed by atoms with Gasteiger partial charge < -0.3 is 5.11 Å². The molecule has 0 bridgehead atoms. The number of aliphatic hydroxyl groups excluding tert-OH is 1. The van der Waals surface area contributed by atoms with Crippen molar-refractivity contribution in [1.29, 1.82) is 0 Å². The van der Waals surface area contributed by atoms with Crippen LogP contribution in [0.5, 0.6) is 0 Å². The molecule has 0 fully saturated rings. The summed E-state index contributed by atoms with van der Waals surface area (Å²) in [6.45, 7) is 1.65. The summed E-state index contributed by atoms with van der Waals surface area (Å²) in [5.74, 6) is -0.272. The monoisotopic (exact) mass is 233 g/mol. The molecule has 0 aliphatic rings. The molecule has 1 heterocycles. The van der Waals surface area contributed by atoms with Crippen LogP contribution >= 0.6 is 0 Å². The van der Waals surface area contributed by atoms with Crippen LogP contribution in [0.1, 0.15) is 11.3 Å². The lowest BCUT2D eigenvalue weighted by Crippen LogP contribution is -2.27. The zero-order chi connectivity index (χ0) is 11.5. The molecule has 0 amide bonds. The molecule has 15 heavy (non-hydrogen) atoms. The number of aromatic nitrogens is 2. The van der Waals surface area contributed by atoms with Crippen LogP contribution in [0.25, 0.3) is 0 Å². The van der Waals surface area contributed by atoms with Gasteiger partial charge in [-0.1, -0.05) is 0 Å². The Morgan fingerprint density at radius 3 is 2.73 bits per heavy atom. The number of aryl methyl sites for hydroxylation is 2. The number of nitrogens with one attached hydrogen (secondary N) is 1. The van der Waals surface area contributed by atoms with Crippen molar-refractivity contribution in [2.45, 2.75) is 13.5 Å². The van der Waals surface area contributed by atoms with Crippen molar-refractivity contribution >= 4 is 10.0 Å². The summed E-state index contributed by atoms with van der Waals surface area (Å²) >= 11 is 0. The Balaban J connectivity index is 2.61. The number of hydrogen-bond acceptors (Lipinski definition) is 4. The van der Waals surface area contributed by atoms with Gasteiger partial charge in [0.2, 0.25) is 10.0 Å². The fourth-order valence-electron chi connectivity index (χ4n) is 1.20. The summed E-state index contributed by atoms with van der Waals surface area (Å²) in [6.07, 6.45) is 1.76. The van der Waals surface area contributed by atoms with E-state index in [0.29, 0.717) is 0 Å². The Labute approximate surface area is 89.0 Å². The summed E-state index contributed by atoms with van der Waals surface area (Å²) in [7, 11) is -1.60. The molecule has 0 aliphatic carbocycles. The van der Waals surface area contributed by atoms with E-state index in [4.69, 9.17) is 5.11 Å². The van der Waals surface area contributed by atoms with Gasteiger partial charge in [0.15, 0.2) is 0 Å². The van der Waals surface area contributed by atoms with Crippen LogP contribution in [0.2, 0.25) is 0 Å². The third-order valence-corrected chi connectivity index (χ3v) is 3.26. The largest absolute Gasteiger partial charge is 0.395 e. The second kappa shape index (κ2) is 4.73. The minimum atomic E-state index is -3.37. The molecule has 0 atom stereocenters. The third-order valence-electron chi connectivity index (χ3n) is 1.96. The molecule has 0 aromatic carbocycles. The van der Waals surface area contributed by atoms with Crippen LogP contribution in [-0.2, 0) is 23.6 Å². The number of rotatable bonds is 5. The molecule has 1 aromatic heterocycles. The number of sulfonamides is 1. The molecule has 2 N–H and O–H groups in total. The fraction of sp³-hybridized carbons (Fsp3) is 0.625. The van der Waals surface area contributed by atoms with E-state index in [1.165, 1.54) is 0 Å². The van der Waals surface area contributed by atoms with E-state index < -0.39 is 10.0 Å². The molecule has 0 saturated carbocycles. The van der Waals surface area contributed by atoms with Crippen molar-refractivity contribution in [3.8, 4) is 0 Å². The van der Waals surface area contributed by atoms with Crippen LogP contribution in [0, 0.1) is 6.92 Å². The number of aliphatic hydroxyl groups is 1. The molecule has 7 heteroatoms. The third kappa shape index (κ3) is 3.61. The van der Waals surface area contributed by atoms with Gasteiger partial charge in [-0.25, -0.2) is 13.1 Å².